The molecule has 0 saturated heterocycles. The number of carbonyl (C=O) groups excluding carboxylic acids is 1. The minimum absolute atomic E-state index is 0.389. The van der Waals surface area contributed by atoms with E-state index in [9.17, 15) is 4.79 Å². The summed E-state index contributed by atoms with van der Waals surface area (Å²) in [5, 5.41) is 3.75. The molecule has 1 aromatic rings. The monoisotopic (exact) mass is 389 g/mol. The summed E-state index contributed by atoms with van der Waals surface area (Å²) in [5.74, 6) is 2.82. The topological polar surface area (TPSA) is 47.6 Å². The second-order valence-electron chi connectivity index (χ2n) is 5.61. The number of carbonyl (C=O) groups is 1. The average Bonchev–Trinajstić information content (AvgIpc) is 2.44. The highest BCUT2D eigenvalue weighted by molar-refractivity contribution is 9.09. The van der Waals surface area contributed by atoms with E-state index in [1.54, 1.807) is 0 Å². The van der Waals surface area contributed by atoms with E-state index in [0.717, 1.165) is 28.1 Å². The summed E-state index contributed by atoms with van der Waals surface area (Å²) in [6.07, 6.45) is -0.421. The third-order valence-corrected chi connectivity index (χ3v) is 4.37. The molecular weight excluding hydrogens is 366 g/mol. The largest absolute Gasteiger partial charge is 0.492 e. The number of ether oxygens (including phenoxy) is 2. The fourth-order valence-corrected chi connectivity index (χ4v) is 2.84. The average molecular weight is 390 g/mol. The molecule has 0 saturated carbocycles. The lowest BCUT2D eigenvalue weighted by Gasteiger charge is -2.20. The van der Waals surface area contributed by atoms with Crippen molar-refractivity contribution in [3.05, 3.63) is 29.8 Å². The molecule has 0 unspecified atom stereocenters. The van der Waals surface area contributed by atoms with E-state index >= 15 is 0 Å². The maximum Gasteiger partial charge on any atom is 0.407 e. The highest BCUT2D eigenvalue weighted by Crippen LogP contribution is 2.18. The molecular formula is C16H24BrNO3S. The Hall–Kier alpha value is -0.880. The first-order valence-electron chi connectivity index (χ1n) is 7.23. The zero-order chi connectivity index (χ0) is 16.4. The summed E-state index contributed by atoms with van der Waals surface area (Å²) in [6.45, 7) is 6.57. The number of benzene rings is 1. The summed E-state index contributed by atoms with van der Waals surface area (Å²) < 4.78 is 11.0. The van der Waals surface area contributed by atoms with Gasteiger partial charge in [-0.1, -0.05) is 34.1 Å². The second-order valence-corrected chi connectivity index (χ2v) is 7.63. The van der Waals surface area contributed by atoms with Gasteiger partial charge >= 0.3 is 6.09 Å². The molecule has 0 aliphatic carbocycles. The van der Waals surface area contributed by atoms with Crippen molar-refractivity contribution in [3.63, 3.8) is 0 Å². The van der Waals surface area contributed by atoms with E-state index in [2.05, 4.69) is 21.2 Å². The highest BCUT2D eigenvalue weighted by Gasteiger charge is 2.16. The lowest BCUT2D eigenvalue weighted by molar-refractivity contribution is 0.0523. The molecule has 0 heterocycles. The zero-order valence-electron chi connectivity index (χ0n) is 13.4. The third kappa shape index (κ3) is 8.54. The maximum absolute atomic E-state index is 11.7. The number of hydrogen-bond acceptors (Lipinski definition) is 4. The van der Waals surface area contributed by atoms with Crippen LogP contribution in [0.2, 0.25) is 0 Å². The van der Waals surface area contributed by atoms with Crippen LogP contribution in [0, 0.1) is 0 Å². The smallest absolute Gasteiger partial charge is 0.407 e. The van der Waals surface area contributed by atoms with Crippen LogP contribution in [0.4, 0.5) is 4.79 Å². The van der Waals surface area contributed by atoms with Crippen molar-refractivity contribution in [1.29, 1.82) is 0 Å². The maximum atomic E-state index is 11.7. The van der Waals surface area contributed by atoms with E-state index in [1.807, 2.05) is 56.8 Å². The fourth-order valence-electron chi connectivity index (χ4n) is 1.64. The predicted molar refractivity (Wildman–Crippen MR) is 96.1 cm³/mol. The molecule has 1 amide bonds. The first kappa shape index (κ1) is 19.2. The van der Waals surface area contributed by atoms with Gasteiger partial charge in [-0.15, -0.1) is 0 Å². The standard InChI is InChI=1S/C16H24BrNO3S/c1-16(2,3)21-15(19)18-12-13-6-4-5-7-14(13)20-9-11-22-10-8-17/h4-7H,8-12H2,1-3H3,(H,18,19). The van der Waals surface area contributed by atoms with Gasteiger partial charge in [0, 0.05) is 28.9 Å². The molecule has 0 radical (unpaired) electrons. The molecule has 0 spiro atoms. The Kier molecular flexibility index (Phi) is 8.71. The van der Waals surface area contributed by atoms with E-state index in [1.165, 1.54) is 0 Å². The van der Waals surface area contributed by atoms with Gasteiger partial charge in [0.25, 0.3) is 0 Å². The highest BCUT2D eigenvalue weighted by atomic mass is 79.9. The van der Waals surface area contributed by atoms with Gasteiger partial charge in [0.1, 0.15) is 11.4 Å². The van der Waals surface area contributed by atoms with Crippen LogP contribution >= 0.6 is 27.7 Å². The van der Waals surface area contributed by atoms with E-state index in [4.69, 9.17) is 9.47 Å². The minimum atomic E-state index is -0.493. The molecule has 6 heteroatoms. The summed E-state index contributed by atoms with van der Waals surface area (Å²) in [5.41, 5.74) is 0.450. The van der Waals surface area contributed by atoms with Crippen molar-refractivity contribution in [2.75, 3.05) is 23.4 Å². The Morgan fingerprint density at radius 3 is 2.68 bits per heavy atom. The van der Waals surface area contributed by atoms with E-state index in [0.29, 0.717) is 13.2 Å². The predicted octanol–water partition coefficient (Wildman–Crippen LogP) is 4.22. The van der Waals surface area contributed by atoms with Gasteiger partial charge in [0.15, 0.2) is 0 Å². The molecule has 0 atom stereocenters. The Morgan fingerprint density at radius 1 is 1.27 bits per heavy atom. The van der Waals surface area contributed by atoms with Crippen LogP contribution in [0.15, 0.2) is 24.3 Å². The van der Waals surface area contributed by atoms with Crippen molar-refractivity contribution in [2.24, 2.45) is 0 Å². The molecule has 1 N–H and O–H groups in total. The molecule has 0 aliphatic rings. The van der Waals surface area contributed by atoms with Gasteiger partial charge in [-0.2, -0.15) is 11.8 Å². The summed E-state index contributed by atoms with van der Waals surface area (Å²) >= 11 is 5.24. The first-order chi connectivity index (χ1) is 10.4. The Balaban J connectivity index is 2.44. The first-order valence-corrected chi connectivity index (χ1v) is 9.51. The Labute approximate surface area is 145 Å². The van der Waals surface area contributed by atoms with E-state index in [-0.39, 0.29) is 0 Å². The van der Waals surface area contributed by atoms with Gasteiger partial charge < -0.3 is 14.8 Å². The third-order valence-electron chi connectivity index (χ3n) is 2.50. The number of hydrogen-bond donors (Lipinski definition) is 1. The van der Waals surface area contributed by atoms with Crippen LogP contribution in [0.1, 0.15) is 26.3 Å². The number of thioether (sulfide) groups is 1. The number of amides is 1. The van der Waals surface area contributed by atoms with Crippen molar-refractivity contribution in [2.45, 2.75) is 32.9 Å². The van der Waals surface area contributed by atoms with Gasteiger partial charge in [0.05, 0.1) is 6.61 Å². The van der Waals surface area contributed by atoms with Crippen LogP contribution in [0.3, 0.4) is 0 Å². The number of alkyl carbamates (subject to hydrolysis) is 1. The molecule has 0 aromatic heterocycles. The van der Waals surface area contributed by atoms with E-state index < -0.39 is 11.7 Å². The summed E-state index contributed by atoms with van der Waals surface area (Å²) in [6, 6.07) is 7.72. The second kappa shape index (κ2) is 10.0. The molecule has 124 valence electrons. The van der Waals surface area contributed by atoms with Gasteiger partial charge in [-0.05, 0) is 26.8 Å². The van der Waals surface area contributed by atoms with Crippen molar-refractivity contribution < 1.29 is 14.3 Å². The molecule has 1 rings (SSSR count). The van der Waals surface area contributed by atoms with Crippen LogP contribution in [0.25, 0.3) is 0 Å². The quantitative estimate of drug-likeness (QED) is 0.534. The van der Waals surface area contributed by atoms with Gasteiger partial charge in [0.2, 0.25) is 0 Å². The fraction of sp³-hybridized carbons (Fsp3) is 0.562. The van der Waals surface area contributed by atoms with Crippen LogP contribution in [-0.2, 0) is 11.3 Å². The number of para-hydroxylation sites is 1. The summed E-state index contributed by atoms with van der Waals surface area (Å²) in [4.78, 5) is 11.7. The van der Waals surface area contributed by atoms with Crippen molar-refractivity contribution in [3.8, 4) is 5.75 Å². The number of alkyl halides is 1. The lowest BCUT2D eigenvalue weighted by atomic mass is 10.2. The molecule has 1 aromatic carbocycles. The number of rotatable bonds is 8. The minimum Gasteiger partial charge on any atom is -0.492 e. The van der Waals surface area contributed by atoms with Crippen LogP contribution in [-0.4, -0.2) is 35.1 Å². The molecule has 22 heavy (non-hydrogen) atoms. The normalized spacial score (nSPS) is 11.1. The molecule has 0 aliphatic heterocycles. The number of nitrogens with one attached hydrogen (secondary N) is 1. The Morgan fingerprint density at radius 2 is 2.00 bits per heavy atom. The van der Waals surface area contributed by atoms with Gasteiger partial charge in [-0.25, -0.2) is 4.79 Å². The molecule has 0 fully saturated rings. The molecule has 0 bridgehead atoms. The summed E-state index contributed by atoms with van der Waals surface area (Å²) in [7, 11) is 0. The van der Waals surface area contributed by atoms with Crippen molar-refractivity contribution >= 4 is 33.8 Å². The van der Waals surface area contributed by atoms with Gasteiger partial charge in [-0.3, -0.25) is 0 Å². The van der Waals surface area contributed by atoms with Crippen LogP contribution in [0.5, 0.6) is 5.75 Å². The zero-order valence-corrected chi connectivity index (χ0v) is 15.8. The number of halogens is 1. The Bertz CT molecular complexity index is 463. The van der Waals surface area contributed by atoms with Crippen LogP contribution < -0.4 is 10.1 Å². The molecule has 4 nitrogen and oxygen atoms in total. The lowest BCUT2D eigenvalue weighted by Crippen LogP contribution is -2.32. The van der Waals surface area contributed by atoms with Crippen molar-refractivity contribution in [1.82, 2.24) is 5.32 Å². The SMILES string of the molecule is CC(C)(C)OC(=O)NCc1ccccc1OCCSCCBr.